The van der Waals surface area contributed by atoms with Crippen LogP contribution in [0.5, 0.6) is 0 Å². The van der Waals surface area contributed by atoms with Gasteiger partial charge in [-0.05, 0) is 58.6 Å². The van der Waals surface area contributed by atoms with E-state index in [0.717, 1.165) is 37.7 Å². The molecule has 2 N–H and O–H groups in total. The van der Waals surface area contributed by atoms with Crippen LogP contribution in [0, 0.1) is 12.8 Å². The summed E-state index contributed by atoms with van der Waals surface area (Å²) < 4.78 is 0. The number of nitrogens with zero attached hydrogens (tertiary/aromatic N) is 1. The van der Waals surface area contributed by atoms with Crippen LogP contribution >= 0.6 is 0 Å². The standard InChI is InChI=1S/C20H30N2O3/c1-14-10-12-16(13-11-14)21-18(23)17(15-8-6-5-7-9-15)22(19(24)25)20(2,3)4/h10-13,15,17H,5-9H2,1-4H3,(H,21,23)(H,24,25)/t17-/m1/s1. The number of hydrogen-bond donors (Lipinski definition) is 2. The van der Waals surface area contributed by atoms with E-state index < -0.39 is 17.7 Å². The molecule has 0 aromatic heterocycles. The molecule has 0 saturated heterocycles. The summed E-state index contributed by atoms with van der Waals surface area (Å²) in [5, 5.41) is 12.7. The minimum absolute atomic E-state index is 0.0644. The van der Waals surface area contributed by atoms with Gasteiger partial charge in [-0.3, -0.25) is 9.69 Å². The number of carbonyl (C=O) groups excluding carboxylic acids is 1. The molecule has 1 fully saturated rings. The van der Waals surface area contributed by atoms with Crippen molar-refractivity contribution in [3.8, 4) is 0 Å². The summed E-state index contributed by atoms with van der Waals surface area (Å²) >= 11 is 0. The van der Waals surface area contributed by atoms with Gasteiger partial charge in [0.25, 0.3) is 0 Å². The van der Waals surface area contributed by atoms with Crippen LogP contribution in [0.15, 0.2) is 24.3 Å². The molecule has 5 nitrogen and oxygen atoms in total. The summed E-state index contributed by atoms with van der Waals surface area (Å²) in [7, 11) is 0. The Labute approximate surface area is 150 Å². The maximum absolute atomic E-state index is 13.1. The van der Waals surface area contributed by atoms with Gasteiger partial charge in [0.1, 0.15) is 6.04 Å². The van der Waals surface area contributed by atoms with Crippen LogP contribution in [0.4, 0.5) is 10.5 Å². The van der Waals surface area contributed by atoms with Gasteiger partial charge in [0.2, 0.25) is 5.91 Å². The summed E-state index contributed by atoms with van der Waals surface area (Å²) in [6.07, 6.45) is 4.01. The van der Waals surface area contributed by atoms with E-state index in [1.165, 1.54) is 4.90 Å². The number of aryl methyl sites for hydroxylation is 1. The van der Waals surface area contributed by atoms with Crippen molar-refractivity contribution in [3.63, 3.8) is 0 Å². The highest BCUT2D eigenvalue weighted by molar-refractivity contribution is 5.96. The van der Waals surface area contributed by atoms with Crippen molar-refractivity contribution in [3.05, 3.63) is 29.8 Å². The van der Waals surface area contributed by atoms with Gasteiger partial charge < -0.3 is 10.4 Å². The van der Waals surface area contributed by atoms with Crippen molar-refractivity contribution in [1.82, 2.24) is 4.90 Å². The zero-order valence-corrected chi connectivity index (χ0v) is 15.7. The van der Waals surface area contributed by atoms with E-state index >= 15 is 0 Å². The Morgan fingerprint density at radius 3 is 2.16 bits per heavy atom. The highest BCUT2D eigenvalue weighted by Gasteiger charge is 2.42. The molecule has 1 aromatic carbocycles. The molecule has 1 saturated carbocycles. The molecule has 0 spiro atoms. The third-order valence-electron chi connectivity index (χ3n) is 4.89. The van der Waals surface area contributed by atoms with Crippen LogP contribution in [0.25, 0.3) is 0 Å². The van der Waals surface area contributed by atoms with Crippen LogP contribution in [0.1, 0.15) is 58.4 Å². The van der Waals surface area contributed by atoms with Crippen molar-refractivity contribution in [2.75, 3.05) is 5.32 Å². The van der Waals surface area contributed by atoms with Gasteiger partial charge in [-0.15, -0.1) is 0 Å². The number of anilines is 1. The maximum atomic E-state index is 13.1. The van der Waals surface area contributed by atoms with Crippen molar-refractivity contribution in [2.45, 2.75) is 71.4 Å². The lowest BCUT2D eigenvalue weighted by molar-refractivity contribution is -0.125. The molecule has 0 radical (unpaired) electrons. The Kier molecular flexibility index (Phi) is 6.09. The predicted octanol–water partition coefficient (Wildman–Crippen LogP) is 4.66. The largest absolute Gasteiger partial charge is 0.465 e. The molecule has 0 unspecified atom stereocenters. The number of hydrogen-bond acceptors (Lipinski definition) is 2. The van der Waals surface area contributed by atoms with Gasteiger partial charge in [-0.2, -0.15) is 0 Å². The molecule has 5 heteroatoms. The second kappa shape index (κ2) is 7.89. The summed E-state index contributed by atoms with van der Waals surface area (Å²) in [6.45, 7) is 7.52. The third-order valence-corrected chi connectivity index (χ3v) is 4.89. The maximum Gasteiger partial charge on any atom is 0.408 e. The lowest BCUT2D eigenvalue weighted by atomic mass is 9.81. The minimum atomic E-state index is -1.04. The molecule has 2 rings (SSSR count). The average molecular weight is 346 g/mol. The number of nitrogens with one attached hydrogen (secondary N) is 1. The van der Waals surface area contributed by atoms with E-state index in [0.29, 0.717) is 5.69 Å². The second-order valence-electron chi connectivity index (χ2n) is 8.02. The van der Waals surface area contributed by atoms with Crippen LogP contribution in [0.2, 0.25) is 0 Å². The van der Waals surface area contributed by atoms with Gasteiger partial charge in [-0.1, -0.05) is 37.0 Å². The SMILES string of the molecule is Cc1ccc(NC(=O)[C@@H](C2CCCCC2)N(C(=O)O)C(C)(C)C)cc1. The fraction of sp³-hybridized carbons (Fsp3) is 0.600. The van der Waals surface area contributed by atoms with E-state index in [-0.39, 0.29) is 11.8 Å². The van der Waals surface area contributed by atoms with Crippen molar-refractivity contribution >= 4 is 17.7 Å². The monoisotopic (exact) mass is 346 g/mol. The van der Waals surface area contributed by atoms with Crippen LogP contribution < -0.4 is 5.32 Å². The van der Waals surface area contributed by atoms with Crippen LogP contribution in [0.3, 0.4) is 0 Å². The smallest absolute Gasteiger partial charge is 0.408 e. The first kappa shape index (κ1) is 19.3. The summed E-state index contributed by atoms with van der Waals surface area (Å²) in [6, 6.07) is 6.91. The number of carbonyl (C=O) groups is 2. The highest BCUT2D eigenvalue weighted by Crippen LogP contribution is 2.33. The Hall–Kier alpha value is -2.04. The number of benzene rings is 1. The van der Waals surface area contributed by atoms with Crippen LogP contribution in [-0.4, -0.2) is 33.6 Å². The fourth-order valence-electron chi connectivity index (χ4n) is 3.67. The van der Waals surface area contributed by atoms with E-state index in [1.807, 2.05) is 52.0 Å². The summed E-state index contributed by atoms with van der Waals surface area (Å²) in [5.41, 5.74) is 1.18. The van der Waals surface area contributed by atoms with Gasteiger partial charge in [0.15, 0.2) is 0 Å². The molecule has 2 amide bonds. The van der Waals surface area contributed by atoms with E-state index in [9.17, 15) is 14.7 Å². The third kappa shape index (κ3) is 4.97. The Morgan fingerprint density at radius 2 is 1.68 bits per heavy atom. The molecule has 1 atom stereocenters. The van der Waals surface area contributed by atoms with Gasteiger partial charge in [-0.25, -0.2) is 4.79 Å². The first-order chi connectivity index (χ1) is 11.7. The molecule has 1 aliphatic carbocycles. The topological polar surface area (TPSA) is 69.6 Å². The predicted molar refractivity (Wildman–Crippen MR) is 99.8 cm³/mol. The Bertz CT molecular complexity index is 598. The van der Waals surface area contributed by atoms with Crippen LogP contribution in [-0.2, 0) is 4.79 Å². The van der Waals surface area contributed by atoms with E-state index in [4.69, 9.17) is 0 Å². The van der Waals surface area contributed by atoms with Crippen molar-refractivity contribution < 1.29 is 14.7 Å². The molecule has 138 valence electrons. The second-order valence-corrected chi connectivity index (χ2v) is 8.02. The number of carboxylic acid groups (broad SMARTS) is 1. The minimum Gasteiger partial charge on any atom is -0.465 e. The first-order valence-electron chi connectivity index (χ1n) is 9.10. The van der Waals surface area contributed by atoms with Gasteiger partial charge >= 0.3 is 6.09 Å². The quantitative estimate of drug-likeness (QED) is 0.833. The molecule has 0 aliphatic heterocycles. The fourth-order valence-corrected chi connectivity index (χ4v) is 3.67. The van der Waals surface area contributed by atoms with Crippen molar-refractivity contribution in [2.24, 2.45) is 5.92 Å². The zero-order valence-electron chi connectivity index (χ0n) is 15.7. The summed E-state index contributed by atoms with van der Waals surface area (Å²) in [4.78, 5) is 26.4. The Morgan fingerprint density at radius 1 is 1.12 bits per heavy atom. The zero-order chi connectivity index (χ0) is 18.6. The molecular weight excluding hydrogens is 316 g/mol. The molecule has 25 heavy (non-hydrogen) atoms. The van der Waals surface area contributed by atoms with Crippen molar-refractivity contribution in [1.29, 1.82) is 0 Å². The average Bonchev–Trinajstić information content (AvgIpc) is 2.53. The molecular formula is C20H30N2O3. The van der Waals surface area contributed by atoms with Gasteiger partial charge in [0.05, 0.1) is 0 Å². The molecule has 0 heterocycles. The van der Waals surface area contributed by atoms with E-state index in [1.54, 1.807) is 0 Å². The molecule has 0 bridgehead atoms. The number of rotatable bonds is 4. The highest BCUT2D eigenvalue weighted by atomic mass is 16.4. The normalized spacial score (nSPS) is 17.0. The van der Waals surface area contributed by atoms with E-state index in [2.05, 4.69) is 5.32 Å². The lowest BCUT2D eigenvalue weighted by Crippen LogP contribution is -2.58. The molecule has 1 aromatic rings. The van der Waals surface area contributed by atoms with Gasteiger partial charge in [0, 0.05) is 11.2 Å². The lowest BCUT2D eigenvalue weighted by Gasteiger charge is -2.43. The first-order valence-corrected chi connectivity index (χ1v) is 9.10. The molecule has 1 aliphatic rings. The summed E-state index contributed by atoms with van der Waals surface area (Å²) in [5.74, 6) is -0.164. The Balaban J connectivity index is 2.30. The number of amides is 2.